The molecule has 2 aliphatic heterocycles. The molecule has 2 saturated heterocycles. The number of nitrogens with one attached hydrogen (secondary N) is 1. The average Bonchev–Trinajstić information content (AvgIpc) is 3.35. The number of hydrogen-bond acceptors (Lipinski definition) is 11. The lowest BCUT2D eigenvalue weighted by molar-refractivity contribution is -0.165. The predicted octanol–water partition coefficient (Wildman–Crippen LogP) is 3.85. The highest BCUT2D eigenvalue weighted by molar-refractivity contribution is 7.91. The molecule has 2 bridgehead atoms. The Hall–Kier alpha value is -3.93. The van der Waals surface area contributed by atoms with Gasteiger partial charge in [0, 0.05) is 24.0 Å². The molecule has 1 aromatic carbocycles. The SMILES string of the molecule is COc1ccc(F)cc1[C@H](Cn1c(=O)n(C(C)(C)C(=O)NS(=O)(=O)C2(C)CC2)c(=O)c2c(C)c(-n3nccn3)sc21)OC1(C)C[C@H]2CC[C@@H](C1)O2. The lowest BCUT2D eigenvalue weighted by atomic mass is 9.91. The Kier molecular flexibility index (Phi) is 8.59. The Morgan fingerprint density at radius 2 is 1.80 bits per heavy atom. The summed E-state index contributed by atoms with van der Waals surface area (Å²) in [5.74, 6) is -1.24. The number of sulfonamides is 1. The van der Waals surface area contributed by atoms with Crippen LogP contribution in [-0.2, 0) is 36.4 Å². The fourth-order valence-corrected chi connectivity index (χ4v) is 9.90. The molecule has 51 heavy (non-hydrogen) atoms. The van der Waals surface area contributed by atoms with Gasteiger partial charge >= 0.3 is 5.69 Å². The molecule has 4 aromatic rings. The highest BCUT2D eigenvalue weighted by Gasteiger charge is 2.52. The van der Waals surface area contributed by atoms with Gasteiger partial charge < -0.3 is 14.2 Å². The van der Waals surface area contributed by atoms with Crippen molar-refractivity contribution in [3.05, 3.63) is 68.4 Å². The minimum atomic E-state index is -4.10. The van der Waals surface area contributed by atoms with Gasteiger partial charge in [-0.1, -0.05) is 11.3 Å². The van der Waals surface area contributed by atoms with Crippen LogP contribution in [0.4, 0.5) is 4.39 Å². The van der Waals surface area contributed by atoms with Crippen LogP contribution in [0, 0.1) is 12.7 Å². The highest BCUT2D eigenvalue weighted by atomic mass is 32.2. The maximum absolute atomic E-state index is 15.0. The smallest absolute Gasteiger partial charge is 0.333 e. The van der Waals surface area contributed by atoms with Crippen molar-refractivity contribution in [2.45, 2.75) is 114 Å². The molecule has 0 spiro atoms. The maximum atomic E-state index is 15.0. The minimum Gasteiger partial charge on any atom is -0.496 e. The zero-order valence-corrected chi connectivity index (χ0v) is 30.9. The van der Waals surface area contributed by atoms with E-state index in [0.717, 1.165) is 28.7 Å². The molecule has 1 aliphatic carbocycles. The Bertz CT molecular complexity index is 2250. The molecule has 3 fully saturated rings. The molecule has 1 unspecified atom stereocenters. The van der Waals surface area contributed by atoms with Crippen molar-refractivity contribution in [1.29, 1.82) is 0 Å². The van der Waals surface area contributed by atoms with Crippen molar-refractivity contribution in [3.63, 3.8) is 0 Å². The number of carbonyl (C=O) groups is 1. The summed E-state index contributed by atoms with van der Waals surface area (Å²) < 4.78 is 63.0. The molecule has 1 saturated carbocycles. The number of hydrogen-bond donors (Lipinski definition) is 1. The zero-order valence-electron chi connectivity index (χ0n) is 29.3. The zero-order chi connectivity index (χ0) is 36.7. The molecule has 3 aliphatic rings. The van der Waals surface area contributed by atoms with Gasteiger partial charge in [0.1, 0.15) is 33.0 Å². The van der Waals surface area contributed by atoms with Crippen molar-refractivity contribution < 1.29 is 31.8 Å². The van der Waals surface area contributed by atoms with Gasteiger partial charge in [-0.25, -0.2) is 22.2 Å². The number of methoxy groups -OCH3 is 1. The lowest BCUT2D eigenvalue weighted by Crippen LogP contribution is -2.57. The largest absolute Gasteiger partial charge is 0.496 e. The molecule has 14 nitrogen and oxygen atoms in total. The molecule has 274 valence electrons. The highest BCUT2D eigenvalue weighted by Crippen LogP contribution is 2.45. The van der Waals surface area contributed by atoms with Crippen molar-refractivity contribution in [2.75, 3.05) is 7.11 Å². The first-order chi connectivity index (χ1) is 24.0. The van der Waals surface area contributed by atoms with E-state index in [9.17, 15) is 27.2 Å². The van der Waals surface area contributed by atoms with Gasteiger partial charge in [-0.2, -0.15) is 10.2 Å². The van der Waals surface area contributed by atoms with E-state index in [0.29, 0.717) is 47.6 Å². The number of aromatic nitrogens is 5. The molecule has 4 atom stereocenters. The second-order valence-electron chi connectivity index (χ2n) is 14.8. The fourth-order valence-electron chi connectivity index (χ4n) is 7.30. The van der Waals surface area contributed by atoms with Gasteiger partial charge in [0.2, 0.25) is 10.0 Å². The van der Waals surface area contributed by atoms with E-state index < -0.39 is 55.0 Å². The first-order valence-corrected chi connectivity index (χ1v) is 19.2. The second-order valence-corrected chi connectivity index (χ2v) is 18.0. The van der Waals surface area contributed by atoms with Crippen LogP contribution < -0.4 is 20.7 Å². The number of aryl methyl sites for hydroxylation is 1. The summed E-state index contributed by atoms with van der Waals surface area (Å²) in [6, 6.07) is 4.06. The molecule has 5 heterocycles. The molecule has 1 amide bonds. The molecular formula is C34H41FN6O8S2. The summed E-state index contributed by atoms with van der Waals surface area (Å²) in [5.41, 5.74) is -3.57. The monoisotopic (exact) mass is 744 g/mol. The number of nitrogens with zero attached hydrogens (tertiary/aromatic N) is 5. The van der Waals surface area contributed by atoms with Crippen molar-refractivity contribution >= 4 is 37.5 Å². The van der Waals surface area contributed by atoms with Crippen LogP contribution >= 0.6 is 11.3 Å². The van der Waals surface area contributed by atoms with Crippen LogP contribution in [0.2, 0.25) is 0 Å². The van der Waals surface area contributed by atoms with Gasteiger partial charge in [-0.3, -0.25) is 18.9 Å². The predicted molar refractivity (Wildman–Crippen MR) is 186 cm³/mol. The third-order valence-corrected chi connectivity index (χ3v) is 14.0. The third-order valence-electron chi connectivity index (χ3n) is 10.6. The van der Waals surface area contributed by atoms with Crippen molar-refractivity contribution in [3.8, 4) is 10.8 Å². The quantitative estimate of drug-likeness (QED) is 0.239. The van der Waals surface area contributed by atoms with Gasteiger partial charge in [-0.05, 0) is 78.5 Å². The Morgan fingerprint density at radius 1 is 1.16 bits per heavy atom. The lowest BCUT2D eigenvalue weighted by Gasteiger charge is -2.40. The van der Waals surface area contributed by atoms with Crippen LogP contribution in [0.5, 0.6) is 5.75 Å². The molecule has 0 radical (unpaired) electrons. The second kappa shape index (κ2) is 12.3. The van der Waals surface area contributed by atoms with E-state index >= 15 is 0 Å². The van der Waals surface area contributed by atoms with Gasteiger partial charge in [-0.15, -0.1) is 4.80 Å². The standard InChI is InChI=1S/C34H41FN6O8S2/c1-19-26-27(42)40(32(2,3)30(43)38-51(45,46)34(5)11-12-34)31(44)39(29(26)50-28(19)41-36-13-14-37-41)18-25(23-15-20(35)7-10-24(23)47-6)49-33(4)16-21-8-9-22(17-33)48-21/h7,10,13-15,21-22,25H,8-9,11-12,16-18H2,1-6H3,(H,38,43)/t21-,22+,25-,33?/m0/s1. The first kappa shape index (κ1) is 35.5. The Morgan fingerprint density at radius 3 is 2.41 bits per heavy atom. The minimum absolute atomic E-state index is 0.00213. The first-order valence-electron chi connectivity index (χ1n) is 16.9. The average molecular weight is 745 g/mol. The Labute approximate surface area is 297 Å². The number of amides is 1. The number of carbonyl (C=O) groups excluding carboxylic acids is 1. The number of rotatable bonds is 11. The van der Waals surface area contributed by atoms with Crippen LogP contribution in [0.3, 0.4) is 0 Å². The van der Waals surface area contributed by atoms with E-state index in [4.69, 9.17) is 14.2 Å². The van der Waals surface area contributed by atoms with E-state index in [-0.39, 0.29) is 29.0 Å². The number of ether oxygens (including phenoxy) is 3. The number of benzene rings is 1. The van der Waals surface area contributed by atoms with Crippen LogP contribution in [0.25, 0.3) is 15.2 Å². The molecule has 17 heteroatoms. The number of thiophene rings is 1. The summed E-state index contributed by atoms with van der Waals surface area (Å²) in [5, 5.41) is 9.04. The fraction of sp³-hybridized carbons (Fsp3) is 0.559. The summed E-state index contributed by atoms with van der Waals surface area (Å²) in [6.45, 7) is 7.63. The molecule has 7 rings (SSSR count). The van der Waals surface area contributed by atoms with Gasteiger partial charge in [0.05, 0.1) is 54.0 Å². The van der Waals surface area contributed by atoms with E-state index in [1.54, 1.807) is 6.92 Å². The third kappa shape index (κ3) is 6.10. The number of fused-ring (bicyclic) bond motifs is 3. The molecule has 1 N–H and O–H groups in total. The van der Waals surface area contributed by atoms with Crippen LogP contribution in [0.15, 0.2) is 40.2 Å². The summed E-state index contributed by atoms with van der Waals surface area (Å²) in [4.78, 5) is 44.6. The molecule has 3 aromatic heterocycles. The van der Waals surface area contributed by atoms with Gasteiger partial charge in [0.15, 0.2) is 0 Å². The summed E-state index contributed by atoms with van der Waals surface area (Å²) in [6.07, 6.45) is 5.68. The van der Waals surface area contributed by atoms with E-state index in [2.05, 4.69) is 14.9 Å². The van der Waals surface area contributed by atoms with Crippen LogP contribution in [-0.4, -0.2) is 68.1 Å². The van der Waals surface area contributed by atoms with Gasteiger partial charge in [0.25, 0.3) is 11.5 Å². The van der Waals surface area contributed by atoms with E-state index in [1.165, 1.54) is 67.8 Å². The van der Waals surface area contributed by atoms with Crippen molar-refractivity contribution in [1.82, 2.24) is 28.9 Å². The Balaban J connectivity index is 1.42. The summed E-state index contributed by atoms with van der Waals surface area (Å²) in [7, 11) is -2.65. The number of halogens is 1. The topological polar surface area (TPSA) is 166 Å². The van der Waals surface area contributed by atoms with E-state index in [1.807, 2.05) is 6.92 Å². The van der Waals surface area contributed by atoms with Crippen molar-refractivity contribution in [2.24, 2.45) is 0 Å². The normalized spacial score (nSPS) is 23.4. The maximum Gasteiger partial charge on any atom is 0.333 e. The van der Waals surface area contributed by atoms with Crippen LogP contribution in [0.1, 0.15) is 83.5 Å². The molecular weight excluding hydrogens is 704 g/mol. The summed E-state index contributed by atoms with van der Waals surface area (Å²) >= 11 is 1.10.